The topological polar surface area (TPSA) is 0 Å². The van der Waals surface area contributed by atoms with Gasteiger partial charge in [0, 0.05) is 0 Å². The van der Waals surface area contributed by atoms with E-state index in [1.165, 1.54) is 25.7 Å². The van der Waals surface area contributed by atoms with Crippen LogP contribution in [0.15, 0.2) is 0 Å². The smallest absolute Gasteiger partial charge is 0.0269 e. The Bertz CT molecular complexity index is 173. The molecule has 0 aromatic rings. The molecule has 0 aromatic heterocycles. The summed E-state index contributed by atoms with van der Waals surface area (Å²) in [4.78, 5) is 0. The Kier molecular flexibility index (Phi) is 2.67. The van der Waals surface area contributed by atoms with E-state index in [0.717, 1.165) is 17.3 Å². The minimum Gasteiger partial charge on any atom is -0.0654 e. The first kappa shape index (κ1) is 9.55. The second-order valence-corrected chi connectivity index (χ2v) is 5.40. The lowest BCUT2D eigenvalue weighted by molar-refractivity contribution is 0.163. The van der Waals surface area contributed by atoms with Crippen LogP contribution >= 0.6 is 0 Å². The Labute approximate surface area is 83.1 Å². The zero-order valence-electron chi connectivity index (χ0n) is 9.31. The van der Waals surface area contributed by atoms with E-state index >= 15 is 0 Å². The molecule has 2 saturated carbocycles. The number of hydrogen-bond acceptors (Lipinski definition) is 0. The molecule has 0 radical (unpaired) electrons. The van der Waals surface area contributed by atoms with Gasteiger partial charge in [-0.2, -0.15) is 0 Å². The maximum absolute atomic E-state index is 2.43. The van der Waals surface area contributed by atoms with Gasteiger partial charge in [-0.05, 0) is 42.9 Å². The van der Waals surface area contributed by atoms with Crippen molar-refractivity contribution in [3.05, 3.63) is 0 Å². The van der Waals surface area contributed by atoms with E-state index in [1.807, 2.05) is 0 Å². The maximum atomic E-state index is 2.43. The second kappa shape index (κ2) is 3.63. The lowest BCUT2D eigenvalue weighted by atomic mass is 9.71. The summed E-state index contributed by atoms with van der Waals surface area (Å²) in [5.41, 5.74) is 0.788. The van der Waals surface area contributed by atoms with Crippen molar-refractivity contribution in [2.45, 2.75) is 65.2 Å². The highest BCUT2D eigenvalue weighted by atomic mass is 14.5. The van der Waals surface area contributed by atoms with Crippen LogP contribution in [0.2, 0.25) is 0 Å². The van der Waals surface area contributed by atoms with Crippen molar-refractivity contribution in [2.75, 3.05) is 0 Å². The van der Waals surface area contributed by atoms with Crippen molar-refractivity contribution in [2.24, 2.45) is 17.3 Å². The molecule has 0 aliphatic heterocycles. The summed E-state index contributed by atoms with van der Waals surface area (Å²) in [6.07, 6.45) is 12.1. The number of rotatable bonds is 3. The van der Waals surface area contributed by atoms with Crippen LogP contribution in [0.1, 0.15) is 65.2 Å². The van der Waals surface area contributed by atoms with Gasteiger partial charge in [0.1, 0.15) is 0 Å². The third-order valence-corrected chi connectivity index (χ3v) is 4.80. The molecule has 0 saturated heterocycles. The largest absolute Gasteiger partial charge is 0.0654 e. The minimum atomic E-state index is 0.788. The standard InChI is InChI=1S/C13H24/c1-3-8-13(4-2)10-11-6-5-7-12(13)9-11/h11-12H,3-10H2,1-2H3. The van der Waals surface area contributed by atoms with Crippen LogP contribution < -0.4 is 0 Å². The molecule has 0 heterocycles. The fraction of sp³-hybridized carbons (Fsp3) is 1.00. The third-order valence-electron chi connectivity index (χ3n) is 4.80. The van der Waals surface area contributed by atoms with Crippen LogP contribution in [0.25, 0.3) is 0 Å². The van der Waals surface area contributed by atoms with Crippen LogP contribution in [-0.4, -0.2) is 0 Å². The summed E-state index contributed by atoms with van der Waals surface area (Å²) < 4.78 is 0. The van der Waals surface area contributed by atoms with Crippen molar-refractivity contribution in [3.8, 4) is 0 Å². The first-order chi connectivity index (χ1) is 6.30. The highest BCUT2D eigenvalue weighted by Gasteiger charge is 2.46. The highest BCUT2D eigenvalue weighted by Crippen LogP contribution is 2.57. The Morgan fingerprint density at radius 2 is 2.08 bits per heavy atom. The molecule has 2 aliphatic carbocycles. The Morgan fingerprint density at radius 3 is 2.69 bits per heavy atom. The lowest BCUT2D eigenvalue weighted by Crippen LogP contribution is -2.24. The second-order valence-electron chi connectivity index (χ2n) is 5.40. The van der Waals surface area contributed by atoms with Gasteiger partial charge < -0.3 is 0 Å². The molecule has 2 aliphatic rings. The molecule has 2 bridgehead atoms. The number of fused-ring (bicyclic) bond motifs is 2. The Hall–Kier alpha value is 0. The average Bonchev–Trinajstić information content (AvgIpc) is 2.40. The number of hydrogen-bond donors (Lipinski definition) is 0. The molecule has 0 nitrogen and oxygen atoms in total. The molecule has 0 spiro atoms. The van der Waals surface area contributed by atoms with E-state index in [4.69, 9.17) is 0 Å². The predicted molar refractivity (Wildman–Crippen MR) is 57.7 cm³/mol. The fourth-order valence-corrected chi connectivity index (χ4v) is 4.19. The molecule has 0 N–H and O–H groups in total. The monoisotopic (exact) mass is 180 g/mol. The molecular formula is C13H24. The van der Waals surface area contributed by atoms with Crippen molar-refractivity contribution >= 4 is 0 Å². The van der Waals surface area contributed by atoms with Crippen LogP contribution in [0.5, 0.6) is 0 Å². The fourth-order valence-electron chi connectivity index (χ4n) is 4.19. The van der Waals surface area contributed by atoms with Crippen LogP contribution in [0.3, 0.4) is 0 Å². The zero-order valence-corrected chi connectivity index (χ0v) is 9.31. The molecule has 0 amide bonds. The molecule has 3 unspecified atom stereocenters. The van der Waals surface area contributed by atoms with Crippen LogP contribution in [-0.2, 0) is 0 Å². The van der Waals surface area contributed by atoms with Crippen molar-refractivity contribution in [3.63, 3.8) is 0 Å². The highest BCUT2D eigenvalue weighted by molar-refractivity contribution is 4.97. The maximum Gasteiger partial charge on any atom is -0.0269 e. The van der Waals surface area contributed by atoms with Gasteiger partial charge >= 0.3 is 0 Å². The van der Waals surface area contributed by atoms with Gasteiger partial charge in [0.05, 0.1) is 0 Å². The molecule has 2 rings (SSSR count). The van der Waals surface area contributed by atoms with Gasteiger partial charge in [-0.25, -0.2) is 0 Å². The first-order valence-electron chi connectivity index (χ1n) is 6.30. The molecule has 76 valence electrons. The molecule has 2 fully saturated rings. The summed E-state index contributed by atoms with van der Waals surface area (Å²) in [6.45, 7) is 4.79. The van der Waals surface area contributed by atoms with Crippen LogP contribution in [0.4, 0.5) is 0 Å². The predicted octanol–water partition coefficient (Wildman–Crippen LogP) is 4.39. The van der Waals surface area contributed by atoms with Crippen molar-refractivity contribution in [1.29, 1.82) is 0 Å². The minimum absolute atomic E-state index is 0.788. The molecule has 3 atom stereocenters. The van der Waals surface area contributed by atoms with Gasteiger partial charge in [-0.1, -0.05) is 39.5 Å². The summed E-state index contributed by atoms with van der Waals surface area (Å²) in [5.74, 6) is 2.22. The van der Waals surface area contributed by atoms with Crippen molar-refractivity contribution < 1.29 is 0 Å². The molecule has 0 heteroatoms. The van der Waals surface area contributed by atoms with Crippen molar-refractivity contribution in [1.82, 2.24) is 0 Å². The first-order valence-corrected chi connectivity index (χ1v) is 6.30. The average molecular weight is 180 g/mol. The quantitative estimate of drug-likeness (QED) is 0.604. The van der Waals surface area contributed by atoms with Gasteiger partial charge in [0.2, 0.25) is 0 Å². The van der Waals surface area contributed by atoms with E-state index in [0.29, 0.717) is 0 Å². The SMILES string of the molecule is CCCC1(CC)CC2CCCC1C2. The van der Waals surface area contributed by atoms with Gasteiger partial charge in [0.25, 0.3) is 0 Å². The van der Waals surface area contributed by atoms with E-state index < -0.39 is 0 Å². The summed E-state index contributed by atoms with van der Waals surface area (Å²) in [6, 6.07) is 0. The summed E-state index contributed by atoms with van der Waals surface area (Å²) in [7, 11) is 0. The van der Waals surface area contributed by atoms with E-state index in [9.17, 15) is 0 Å². The van der Waals surface area contributed by atoms with Gasteiger partial charge in [-0.3, -0.25) is 0 Å². The van der Waals surface area contributed by atoms with E-state index in [1.54, 1.807) is 25.7 Å². The van der Waals surface area contributed by atoms with Gasteiger partial charge in [0.15, 0.2) is 0 Å². The molecule has 13 heavy (non-hydrogen) atoms. The zero-order chi connectivity index (χ0) is 9.31. The molecule has 0 aromatic carbocycles. The Morgan fingerprint density at radius 1 is 1.23 bits per heavy atom. The normalized spacial score (nSPS) is 43.8. The van der Waals surface area contributed by atoms with E-state index in [-0.39, 0.29) is 0 Å². The van der Waals surface area contributed by atoms with Crippen LogP contribution in [0, 0.1) is 17.3 Å². The van der Waals surface area contributed by atoms with E-state index in [2.05, 4.69) is 13.8 Å². The van der Waals surface area contributed by atoms with Gasteiger partial charge in [-0.15, -0.1) is 0 Å². The third kappa shape index (κ3) is 1.53. The lowest BCUT2D eigenvalue weighted by Gasteiger charge is -2.34. The summed E-state index contributed by atoms with van der Waals surface area (Å²) in [5, 5.41) is 0. The molecular weight excluding hydrogens is 156 g/mol. The Balaban J connectivity index is 2.11. The summed E-state index contributed by atoms with van der Waals surface area (Å²) >= 11 is 0.